The van der Waals surface area contributed by atoms with Crippen molar-refractivity contribution >= 4 is 5.57 Å². The second-order valence-electron chi connectivity index (χ2n) is 7.61. The molecule has 4 rings (SSSR count). The van der Waals surface area contributed by atoms with E-state index in [1.807, 2.05) is 6.07 Å². The first-order valence-electron chi connectivity index (χ1n) is 10.2. The van der Waals surface area contributed by atoms with Crippen molar-refractivity contribution in [1.82, 2.24) is 4.90 Å². The molecule has 1 saturated heterocycles. The molecule has 3 aromatic carbocycles. The third kappa shape index (κ3) is 4.66. The van der Waals surface area contributed by atoms with Gasteiger partial charge in [0.15, 0.2) is 0 Å². The van der Waals surface area contributed by atoms with Crippen LogP contribution in [-0.2, 0) is 11.3 Å². The van der Waals surface area contributed by atoms with Crippen molar-refractivity contribution in [2.75, 3.05) is 20.2 Å². The second-order valence-corrected chi connectivity index (χ2v) is 7.61. The lowest BCUT2D eigenvalue weighted by Gasteiger charge is -2.35. The zero-order chi connectivity index (χ0) is 20.9. The summed E-state index contributed by atoms with van der Waals surface area (Å²) < 4.78 is 33.0. The zero-order valence-corrected chi connectivity index (χ0v) is 17.0. The van der Waals surface area contributed by atoms with Gasteiger partial charge in [0.05, 0.1) is 6.10 Å². The molecule has 1 atom stereocenters. The van der Waals surface area contributed by atoms with Crippen LogP contribution in [-0.4, -0.2) is 31.2 Å². The smallest absolute Gasteiger partial charge is 0.123 e. The number of ether oxygens (including phenoxy) is 1. The number of hydrogen-bond donors (Lipinski definition) is 0. The van der Waals surface area contributed by atoms with E-state index in [-0.39, 0.29) is 17.7 Å². The molecular weight excluding hydrogens is 380 g/mol. The van der Waals surface area contributed by atoms with E-state index in [0.717, 1.165) is 42.8 Å². The Morgan fingerprint density at radius 2 is 1.43 bits per heavy atom. The molecule has 3 aromatic rings. The van der Waals surface area contributed by atoms with E-state index < -0.39 is 0 Å². The van der Waals surface area contributed by atoms with Crippen LogP contribution < -0.4 is 0 Å². The Morgan fingerprint density at radius 3 is 1.97 bits per heavy atom. The van der Waals surface area contributed by atoms with Gasteiger partial charge in [0, 0.05) is 26.7 Å². The van der Waals surface area contributed by atoms with Crippen molar-refractivity contribution in [3.8, 4) is 0 Å². The molecule has 2 nitrogen and oxygen atoms in total. The average molecular weight is 405 g/mol. The second kappa shape index (κ2) is 9.33. The molecule has 0 N–H and O–H groups in total. The predicted octanol–water partition coefficient (Wildman–Crippen LogP) is 5.69. The molecule has 0 amide bonds. The van der Waals surface area contributed by atoms with Gasteiger partial charge in [-0.25, -0.2) is 8.78 Å². The molecule has 154 valence electrons. The fourth-order valence-corrected chi connectivity index (χ4v) is 4.13. The lowest BCUT2D eigenvalue weighted by molar-refractivity contribution is 0.0651. The van der Waals surface area contributed by atoms with Gasteiger partial charge in [0.1, 0.15) is 11.6 Å². The highest BCUT2D eigenvalue weighted by Gasteiger charge is 2.27. The summed E-state index contributed by atoms with van der Waals surface area (Å²) in [5.74, 6) is -0.550. The van der Waals surface area contributed by atoms with E-state index >= 15 is 0 Å². The first-order chi connectivity index (χ1) is 14.6. The van der Waals surface area contributed by atoms with Gasteiger partial charge < -0.3 is 4.74 Å². The Balaban J connectivity index is 1.69. The molecule has 1 aliphatic rings. The minimum absolute atomic E-state index is 0.0902. The van der Waals surface area contributed by atoms with Crippen LogP contribution in [0.2, 0.25) is 0 Å². The Bertz CT molecular complexity index is 950. The third-order valence-corrected chi connectivity index (χ3v) is 5.63. The Morgan fingerprint density at radius 1 is 0.867 bits per heavy atom. The summed E-state index contributed by atoms with van der Waals surface area (Å²) in [6.07, 6.45) is 0.739. The molecule has 0 saturated carbocycles. The maximum atomic E-state index is 13.6. The number of nitrogens with zero attached hydrogens (tertiary/aromatic N) is 1. The highest BCUT2D eigenvalue weighted by Crippen LogP contribution is 2.34. The number of hydrogen-bond acceptors (Lipinski definition) is 2. The van der Waals surface area contributed by atoms with Crippen LogP contribution in [0.1, 0.15) is 23.1 Å². The molecule has 4 heteroatoms. The molecule has 1 unspecified atom stereocenters. The van der Waals surface area contributed by atoms with Gasteiger partial charge in [-0.15, -0.1) is 0 Å². The van der Waals surface area contributed by atoms with Gasteiger partial charge in [0.25, 0.3) is 0 Å². The number of piperidine rings is 1. The normalized spacial score (nSPS) is 17.2. The summed E-state index contributed by atoms with van der Waals surface area (Å²) in [7, 11) is 1.73. The van der Waals surface area contributed by atoms with Crippen LogP contribution in [0.15, 0.2) is 84.4 Å². The first kappa shape index (κ1) is 20.5. The predicted molar refractivity (Wildman–Crippen MR) is 116 cm³/mol. The lowest BCUT2D eigenvalue weighted by Crippen LogP contribution is -2.40. The van der Waals surface area contributed by atoms with E-state index in [4.69, 9.17) is 4.74 Å². The minimum Gasteiger partial charge on any atom is -0.376 e. The van der Waals surface area contributed by atoms with Crippen LogP contribution >= 0.6 is 0 Å². The number of methoxy groups -OCH3 is 1. The van der Waals surface area contributed by atoms with Gasteiger partial charge in [-0.2, -0.15) is 0 Å². The molecule has 0 radical (unpaired) electrons. The molecule has 30 heavy (non-hydrogen) atoms. The highest BCUT2D eigenvalue weighted by molar-refractivity contribution is 5.82. The molecule has 0 aliphatic carbocycles. The Kier molecular flexibility index (Phi) is 6.36. The highest BCUT2D eigenvalue weighted by atomic mass is 19.1. The zero-order valence-electron chi connectivity index (χ0n) is 17.0. The SMILES string of the molecule is COC1CN(Cc2ccccc2)CCC1=C(c1ccc(F)cc1)c1ccc(F)cc1. The first-order valence-corrected chi connectivity index (χ1v) is 10.2. The van der Waals surface area contributed by atoms with Crippen LogP contribution in [0.5, 0.6) is 0 Å². The molecule has 0 aromatic heterocycles. The minimum atomic E-state index is -0.275. The van der Waals surface area contributed by atoms with Gasteiger partial charge in [0.2, 0.25) is 0 Å². The summed E-state index contributed by atoms with van der Waals surface area (Å²) in [5.41, 5.74) is 5.27. The third-order valence-electron chi connectivity index (χ3n) is 5.63. The number of halogens is 2. The quantitative estimate of drug-likeness (QED) is 0.541. The van der Waals surface area contributed by atoms with Gasteiger partial charge in [-0.1, -0.05) is 54.6 Å². The summed E-state index contributed by atoms with van der Waals surface area (Å²) in [6, 6.07) is 23.4. The topological polar surface area (TPSA) is 12.5 Å². The number of likely N-dealkylation sites (tertiary alicyclic amines) is 1. The fourth-order valence-electron chi connectivity index (χ4n) is 4.13. The van der Waals surface area contributed by atoms with Crippen molar-refractivity contribution in [2.24, 2.45) is 0 Å². The lowest BCUT2D eigenvalue weighted by atomic mass is 9.86. The van der Waals surface area contributed by atoms with E-state index in [9.17, 15) is 8.78 Å². The molecule has 1 fully saturated rings. The van der Waals surface area contributed by atoms with Crippen molar-refractivity contribution < 1.29 is 13.5 Å². The van der Waals surface area contributed by atoms with Crippen molar-refractivity contribution in [2.45, 2.75) is 19.1 Å². The molecule has 1 aliphatic heterocycles. The van der Waals surface area contributed by atoms with Crippen LogP contribution in [0, 0.1) is 11.6 Å². The molecule has 1 heterocycles. The number of rotatable bonds is 5. The van der Waals surface area contributed by atoms with Crippen molar-refractivity contribution in [3.05, 3.63) is 113 Å². The Hall–Kier alpha value is -2.82. The standard InChI is InChI=1S/C26H25F2NO/c1-30-25-18-29(17-19-5-3-2-4-6-19)16-15-24(25)26(20-7-11-22(27)12-8-20)21-9-13-23(28)14-10-21/h2-14,25H,15-18H2,1H3. The van der Waals surface area contributed by atoms with Crippen molar-refractivity contribution in [3.63, 3.8) is 0 Å². The average Bonchev–Trinajstić information content (AvgIpc) is 2.78. The fraction of sp³-hybridized carbons (Fsp3) is 0.231. The molecule has 0 spiro atoms. The van der Waals surface area contributed by atoms with Crippen LogP contribution in [0.3, 0.4) is 0 Å². The summed E-state index contributed by atoms with van der Waals surface area (Å²) in [6.45, 7) is 2.54. The Labute approximate surface area is 176 Å². The summed E-state index contributed by atoms with van der Waals surface area (Å²) in [5, 5.41) is 0. The maximum absolute atomic E-state index is 13.6. The molecule has 0 bridgehead atoms. The monoisotopic (exact) mass is 405 g/mol. The summed E-state index contributed by atoms with van der Waals surface area (Å²) >= 11 is 0. The van der Waals surface area contributed by atoms with Crippen LogP contribution in [0.4, 0.5) is 8.78 Å². The van der Waals surface area contributed by atoms with Crippen LogP contribution in [0.25, 0.3) is 5.57 Å². The van der Waals surface area contributed by atoms with E-state index in [0.29, 0.717) is 0 Å². The molecular formula is C26H25F2NO. The number of benzene rings is 3. The van der Waals surface area contributed by atoms with Gasteiger partial charge in [-0.3, -0.25) is 4.90 Å². The maximum Gasteiger partial charge on any atom is 0.123 e. The van der Waals surface area contributed by atoms with Gasteiger partial charge in [-0.05, 0) is 58.5 Å². The summed E-state index contributed by atoms with van der Waals surface area (Å²) in [4.78, 5) is 2.39. The van der Waals surface area contributed by atoms with E-state index in [1.54, 1.807) is 31.4 Å². The van der Waals surface area contributed by atoms with E-state index in [1.165, 1.54) is 35.4 Å². The van der Waals surface area contributed by atoms with Crippen molar-refractivity contribution in [1.29, 1.82) is 0 Å². The van der Waals surface area contributed by atoms with E-state index in [2.05, 4.69) is 29.2 Å². The largest absolute Gasteiger partial charge is 0.376 e. The van der Waals surface area contributed by atoms with Gasteiger partial charge >= 0.3 is 0 Å².